The van der Waals surface area contributed by atoms with Crippen molar-refractivity contribution in [2.75, 3.05) is 26.9 Å². The molecule has 1 aromatic carbocycles. The van der Waals surface area contributed by atoms with E-state index in [1.807, 2.05) is 12.1 Å². The second kappa shape index (κ2) is 7.98. The smallest absolute Gasteiger partial charge is 0.162 e. The van der Waals surface area contributed by atoms with Crippen LogP contribution in [0.5, 0.6) is 0 Å². The molecule has 0 fully saturated rings. The summed E-state index contributed by atoms with van der Waals surface area (Å²) in [6, 6.07) is 8.14. The van der Waals surface area contributed by atoms with Crippen LogP contribution >= 0.6 is 0 Å². The summed E-state index contributed by atoms with van der Waals surface area (Å²) in [4.78, 5) is 11.6. The number of hydrogen-bond acceptors (Lipinski definition) is 3. The Kier molecular flexibility index (Phi) is 6.51. The minimum atomic E-state index is 0.102. The number of ether oxygens (including phenoxy) is 2. The maximum Gasteiger partial charge on any atom is 0.162 e. The largest absolute Gasteiger partial charge is 0.382 e. The van der Waals surface area contributed by atoms with Crippen LogP contribution in [0.2, 0.25) is 0 Å². The molecular weight excluding hydrogens is 216 g/mol. The molecule has 0 spiro atoms. The van der Waals surface area contributed by atoms with Gasteiger partial charge in [0.05, 0.1) is 13.2 Å². The fourth-order valence-corrected chi connectivity index (χ4v) is 1.50. The van der Waals surface area contributed by atoms with Crippen LogP contribution in [-0.4, -0.2) is 32.7 Å². The van der Waals surface area contributed by atoms with Crippen molar-refractivity contribution >= 4 is 5.78 Å². The fourth-order valence-electron chi connectivity index (χ4n) is 1.50. The number of carbonyl (C=O) groups excluding carboxylic acids is 1. The number of methoxy groups -OCH3 is 1. The van der Waals surface area contributed by atoms with Gasteiger partial charge in [0, 0.05) is 13.5 Å². The number of aryl methyl sites for hydroxylation is 1. The molecule has 0 bridgehead atoms. The SMILES string of the molecule is CCc1ccc(CC(=O)COCCOC)cc1. The molecule has 0 aromatic heterocycles. The van der Waals surface area contributed by atoms with Crippen LogP contribution in [0.4, 0.5) is 0 Å². The fraction of sp³-hybridized carbons (Fsp3) is 0.500. The van der Waals surface area contributed by atoms with E-state index < -0.39 is 0 Å². The zero-order valence-electron chi connectivity index (χ0n) is 10.6. The van der Waals surface area contributed by atoms with Gasteiger partial charge in [0.1, 0.15) is 6.61 Å². The lowest BCUT2D eigenvalue weighted by Gasteiger charge is -2.04. The number of Topliss-reactive ketones (excluding diaryl/α,β-unsaturated/α-hetero) is 1. The van der Waals surface area contributed by atoms with E-state index in [1.165, 1.54) is 5.56 Å². The van der Waals surface area contributed by atoms with Gasteiger partial charge in [-0.15, -0.1) is 0 Å². The highest BCUT2D eigenvalue weighted by Crippen LogP contribution is 2.06. The third-order valence-electron chi connectivity index (χ3n) is 2.53. The summed E-state index contributed by atoms with van der Waals surface area (Å²) < 4.78 is 10.0. The molecule has 0 aliphatic carbocycles. The summed E-state index contributed by atoms with van der Waals surface area (Å²) in [5, 5.41) is 0. The predicted molar refractivity (Wildman–Crippen MR) is 67.2 cm³/mol. The van der Waals surface area contributed by atoms with E-state index in [1.54, 1.807) is 7.11 Å². The van der Waals surface area contributed by atoms with Crippen LogP contribution in [0.15, 0.2) is 24.3 Å². The maximum atomic E-state index is 11.6. The molecule has 0 radical (unpaired) electrons. The Morgan fingerprint density at radius 2 is 1.76 bits per heavy atom. The summed E-state index contributed by atoms with van der Waals surface area (Å²) in [6.07, 6.45) is 1.46. The first-order valence-electron chi connectivity index (χ1n) is 5.92. The lowest BCUT2D eigenvalue weighted by molar-refractivity contribution is -0.123. The number of ketones is 1. The molecule has 1 aromatic rings. The van der Waals surface area contributed by atoms with E-state index >= 15 is 0 Å². The molecule has 0 unspecified atom stereocenters. The minimum absolute atomic E-state index is 0.102. The number of hydrogen-bond donors (Lipinski definition) is 0. The van der Waals surface area contributed by atoms with E-state index in [-0.39, 0.29) is 12.4 Å². The molecule has 3 heteroatoms. The summed E-state index contributed by atoms with van der Waals surface area (Å²) in [5.74, 6) is 0.102. The van der Waals surface area contributed by atoms with Crippen molar-refractivity contribution < 1.29 is 14.3 Å². The average molecular weight is 236 g/mol. The van der Waals surface area contributed by atoms with Crippen molar-refractivity contribution in [3.05, 3.63) is 35.4 Å². The van der Waals surface area contributed by atoms with E-state index in [4.69, 9.17) is 9.47 Å². The standard InChI is InChI=1S/C14H20O3/c1-3-12-4-6-13(7-5-12)10-14(15)11-17-9-8-16-2/h4-7H,3,8-11H2,1-2H3. The third-order valence-corrected chi connectivity index (χ3v) is 2.53. The molecule has 0 N–H and O–H groups in total. The zero-order valence-corrected chi connectivity index (χ0v) is 10.6. The highest BCUT2D eigenvalue weighted by atomic mass is 16.5. The van der Waals surface area contributed by atoms with Gasteiger partial charge in [0.2, 0.25) is 0 Å². The van der Waals surface area contributed by atoms with Crippen molar-refractivity contribution in [1.82, 2.24) is 0 Å². The second-order valence-corrected chi connectivity index (χ2v) is 3.93. The molecule has 0 heterocycles. The van der Waals surface area contributed by atoms with Crippen LogP contribution in [0.3, 0.4) is 0 Å². The summed E-state index contributed by atoms with van der Waals surface area (Å²) in [5.41, 5.74) is 2.33. The Hall–Kier alpha value is -1.19. The van der Waals surface area contributed by atoms with Gasteiger partial charge in [0.15, 0.2) is 5.78 Å². The molecule has 17 heavy (non-hydrogen) atoms. The van der Waals surface area contributed by atoms with Crippen molar-refractivity contribution in [3.8, 4) is 0 Å². The average Bonchev–Trinajstić information content (AvgIpc) is 2.36. The van der Waals surface area contributed by atoms with Gasteiger partial charge in [-0.3, -0.25) is 4.79 Å². The maximum absolute atomic E-state index is 11.6. The molecule has 0 saturated heterocycles. The quantitative estimate of drug-likeness (QED) is 0.648. The van der Waals surface area contributed by atoms with E-state index in [2.05, 4.69) is 19.1 Å². The van der Waals surface area contributed by atoms with Crippen molar-refractivity contribution in [3.63, 3.8) is 0 Å². The summed E-state index contributed by atoms with van der Waals surface area (Å²) >= 11 is 0. The molecule has 94 valence electrons. The highest BCUT2D eigenvalue weighted by Gasteiger charge is 2.03. The minimum Gasteiger partial charge on any atom is -0.382 e. The van der Waals surface area contributed by atoms with Gasteiger partial charge in [-0.2, -0.15) is 0 Å². The van der Waals surface area contributed by atoms with Crippen molar-refractivity contribution in [2.24, 2.45) is 0 Å². The highest BCUT2D eigenvalue weighted by molar-refractivity contribution is 5.82. The number of carbonyl (C=O) groups is 1. The Balaban J connectivity index is 2.29. The first-order valence-corrected chi connectivity index (χ1v) is 5.92. The van der Waals surface area contributed by atoms with Crippen LogP contribution < -0.4 is 0 Å². The Morgan fingerprint density at radius 1 is 1.12 bits per heavy atom. The van der Waals surface area contributed by atoms with Gasteiger partial charge in [0.25, 0.3) is 0 Å². The Labute approximate surface area is 103 Å². The van der Waals surface area contributed by atoms with Crippen LogP contribution in [-0.2, 0) is 27.1 Å². The summed E-state index contributed by atoms with van der Waals surface area (Å²) in [7, 11) is 1.61. The molecule has 0 saturated carbocycles. The topological polar surface area (TPSA) is 35.5 Å². The predicted octanol–water partition coefficient (Wildman–Crippen LogP) is 2.02. The first kappa shape index (κ1) is 13.9. The monoisotopic (exact) mass is 236 g/mol. The van der Waals surface area contributed by atoms with Gasteiger partial charge in [-0.05, 0) is 17.5 Å². The zero-order chi connectivity index (χ0) is 12.5. The van der Waals surface area contributed by atoms with Gasteiger partial charge >= 0.3 is 0 Å². The van der Waals surface area contributed by atoms with Crippen molar-refractivity contribution in [1.29, 1.82) is 0 Å². The normalized spacial score (nSPS) is 10.5. The third kappa shape index (κ3) is 5.61. The van der Waals surface area contributed by atoms with E-state index in [0.29, 0.717) is 19.6 Å². The van der Waals surface area contributed by atoms with Crippen molar-refractivity contribution in [2.45, 2.75) is 19.8 Å². The Bertz CT molecular complexity index is 330. The first-order chi connectivity index (χ1) is 8.26. The molecule has 0 aliphatic heterocycles. The number of benzene rings is 1. The molecule has 0 aliphatic rings. The molecule has 1 rings (SSSR count). The molecule has 0 atom stereocenters. The van der Waals surface area contributed by atoms with E-state index in [0.717, 1.165) is 12.0 Å². The van der Waals surface area contributed by atoms with Crippen LogP contribution in [0, 0.1) is 0 Å². The lowest BCUT2D eigenvalue weighted by atomic mass is 10.1. The molecular formula is C14H20O3. The second-order valence-electron chi connectivity index (χ2n) is 3.93. The van der Waals surface area contributed by atoms with E-state index in [9.17, 15) is 4.79 Å². The lowest BCUT2D eigenvalue weighted by Crippen LogP contribution is -2.13. The van der Waals surface area contributed by atoms with Crippen LogP contribution in [0.1, 0.15) is 18.1 Å². The summed E-state index contributed by atoms with van der Waals surface area (Å²) in [6.45, 7) is 3.28. The van der Waals surface area contributed by atoms with Gasteiger partial charge < -0.3 is 9.47 Å². The van der Waals surface area contributed by atoms with Gasteiger partial charge in [-0.25, -0.2) is 0 Å². The molecule has 0 amide bonds. The molecule has 3 nitrogen and oxygen atoms in total. The van der Waals surface area contributed by atoms with Gasteiger partial charge in [-0.1, -0.05) is 31.2 Å². The Morgan fingerprint density at radius 3 is 2.35 bits per heavy atom. The van der Waals surface area contributed by atoms with Crippen LogP contribution in [0.25, 0.3) is 0 Å². The number of rotatable bonds is 8.